The van der Waals surface area contributed by atoms with Gasteiger partial charge in [0.25, 0.3) is 0 Å². The van der Waals surface area contributed by atoms with Crippen LogP contribution in [0.5, 0.6) is 0 Å². The van der Waals surface area contributed by atoms with Crippen molar-refractivity contribution in [2.24, 2.45) is 5.41 Å². The Morgan fingerprint density at radius 2 is 2.29 bits per heavy atom. The Morgan fingerprint density at radius 3 is 2.79 bits per heavy atom. The molecule has 0 radical (unpaired) electrons. The van der Waals surface area contributed by atoms with Gasteiger partial charge in [-0.3, -0.25) is 0 Å². The van der Waals surface area contributed by atoms with E-state index in [0.717, 1.165) is 25.2 Å². The van der Waals surface area contributed by atoms with E-state index < -0.39 is 0 Å². The summed E-state index contributed by atoms with van der Waals surface area (Å²) in [5.41, 5.74) is -0.200. The second kappa shape index (κ2) is 4.28. The van der Waals surface area contributed by atoms with E-state index >= 15 is 0 Å². The molecule has 0 N–H and O–H groups in total. The summed E-state index contributed by atoms with van der Waals surface area (Å²) >= 11 is 0. The molecule has 0 spiro atoms. The second-order valence-electron chi connectivity index (χ2n) is 4.27. The molecule has 0 saturated heterocycles. The van der Waals surface area contributed by atoms with Gasteiger partial charge in [0.1, 0.15) is 5.82 Å². The highest BCUT2D eigenvalue weighted by atomic mass is 15.0. The lowest BCUT2D eigenvalue weighted by Gasteiger charge is -2.14. The van der Waals surface area contributed by atoms with Gasteiger partial charge in [0.05, 0.1) is 11.5 Å². The monoisotopic (exact) mass is 191 g/mol. The Labute approximate surface area is 85.4 Å². The Hall–Kier alpha value is -1.30. The molecule has 0 saturated carbocycles. The van der Waals surface area contributed by atoms with E-state index in [2.05, 4.69) is 15.6 Å². The van der Waals surface area contributed by atoms with Gasteiger partial charge in [-0.2, -0.15) is 5.26 Å². The van der Waals surface area contributed by atoms with Crippen LogP contribution in [0.15, 0.2) is 12.4 Å². The lowest BCUT2D eigenvalue weighted by molar-refractivity contribution is 0.414. The Balaban J connectivity index is 2.37. The van der Waals surface area contributed by atoms with Gasteiger partial charge in [0.15, 0.2) is 0 Å². The van der Waals surface area contributed by atoms with E-state index in [0.29, 0.717) is 0 Å². The molecule has 1 rings (SSSR count). The van der Waals surface area contributed by atoms with Crippen molar-refractivity contribution in [2.45, 2.75) is 40.2 Å². The summed E-state index contributed by atoms with van der Waals surface area (Å²) in [6.07, 6.45) is 5.75. The average Bonchev–Trinajstić information content (AvgIpc) is 2.52. The maximum Gasteiger partial charge on any atom is 0.105 e. The number of imidazole rings is 1. The van der Waals surface area contributed by atoms with E-state index in [9.17, 15) is 0 Å². The third-order valence-electron chi connectivity index (χ3n) is 2.43. The first-order valence-electron chi connectivity index (χ1n) is 4.94. The van der Waals surface area contributed by atoms with Crippen molar-refractivity contribution >= 4 is 0 Å². The van der Waals surface area contributed by atoms with Gasteiger partial charge in [0, 0.05) is 18.9 Å². The number of aryl methyl sites for hydroxylation is 2. The predicted molar refractivity (Wildman–Crippen MR) is 55.6 cm³/mol. The number of nitriles is 1. The van der Waals surface area contributed by atoms with Crippen LogP contribution in [-0.2, 0) is 6.54 Å². The Kier molecular flexibility index (Phi) is 3.29. The van der Waals surface area contributed by atoms with Crippen LogP contribution in [0, 0.1) is 23.7 Å². The summed E-state index contributed by atoms with van der Waals surface area (Å²) in [7, 11) is 0. The minimum atomic E-state index is -0.200. The van der Waals surface area contributed by atoms with Gasteiger partial charge in [-0.05, 0) is 33.6 Å². The highest BCUT2D eigenvalue weighted by Crippen LogP contribution is 2.21. The quantitative estimate of drug-likeness (QED) is 0.733. The van der Waals surface area contributed by atoms with Crippen LogP contribution in [0.25, 0.3) is 0 Å². The number of rotatable bonds is 4. The van der Waals surface area contributed by atoms with Gasteiger partial charge in [-0.25, -0.2) is 4.98 Å². The molecule has 0 fully saturated rings. The Morgan fingerprint density at radius 1 is 1.57 bits per heavy atom. The molecule has 14 heavy (non-hydrogen) atoms. The molecule has 1 aromatic rings. The molecule has 0 aliphatic rings. The third-order valence-corrected chi connectivity index (χ3v) is 2.43. The molecule has 0 bridgehead atoms. The standard InChI is InChI=1S/C11H17N3/c1-10-13-6-8-14(10)7-4-5-11(2,3)9-12/h6,8H,4-5,7H2,1-3H3. The van der Waals surface area contributed by atoms with E-state index in [-0.39, 0.29) is 5.41 Å². The van der Waals surface area contributed by atoms with Crippen molar-refractivity contribution in [3.8, 4) is 6.07 Å². The first kappa shape index (κ1) is 10.8. The Bertz CT molecular complexity index is 331. The minimum Gasteiger partial charge on any atom is -0.335 e. The van der Waals surface area contributed by atoms with Gasteiger partial charge in [0.2, 0.25) is 0 Å². The van der Waals surface area contributed by atoms with Gasteiger partial charge >= 0.3 is 0 Å². The number of hydrogen-bond acceptors (Lipinski definition) is 2. The van der Waals surface area contributed by atoms with Crippen LogP contribution in [0.2, 0.25) is 0 Å². The van der Waals surface area contributed by atoms with Crippen molar-refractivity contribution in [3.63, 3.8) is 0 Å². The lowest BCUT2D eigenvalue weighted by atomic mass is 9.90. The van der Waals surface area contributed by atoms with E-state index in [4.69, 9.17) is 5.26 Å². The molecule has 0 aliphatic carbocycles. The maximum atomic E-state index is 8.84. The fourth-order valence-corrected chi connectivity index (χ4v) is 1.39. The summed E-state index contributed by atoms with van der Waals surface area (Å²) < 4.78 is 2.12. The first-order chi connectivity index (χ1) is 6.55. The summed E-state index contributed by atoms with van der Waals surface area (Å²) in [6.45, 7) is 6.91. The molecule has 1 heterocycles. The average molecular weight is 191 g/mol. The zero-order valence-corrected chi connectivity index (χ0v) is 9.12. The van der Waals surface area contributed by atoms with Crippen LogP contribution >= 0.6 is 0 Å². The van der Waals surface area contributed by atoms with Crippen molar-refractivity contribution < 1.29 is 0 Å². The molecule has 3 heteroatoms. The van der Waals surface area contributed by atoms with E-state index in [1.807, 2.05) is 33.2 Å². The SMILES string of the molecule is Cc1nccn1CCCC(C)(C)C#N. The molecule has 3 nitrogen and oxygen atoms in total. The van der Waals surface area contributed by atoms with Crippen LogP contribution in [0.4, 0.5) is 0 Å². The maximum absolute atomic E-state index is 8.84. The van der Waals surface area contributed by atoms with Crippen molar-refractivity contribution in [1.82, 2.24) is 9.55 Å². The van der Waals surface area contributed by atoms with E-state index in [1.54, 1.807) is 0 Å². The number of nitrogens with zero attached hydrogens (tertiary/aromatic N) is 3. The second-order valence-corrected chi connectivity index (χ2v) is 4.27. The molecular formula is C11H17N3. The van der Waals surface area contributed by atoms with Crippen molar-refractivity contribution in [3.05, 3.63) is 18.2 Å². The third kappa shape index (κ3) is 2.88. The molecule has 0 atom stereocenters. The van der Waals surface area contributed by atoms with Gasteiger partial charge in [-0.1, -0.05) is 0 Å². The van der Waals surface area contributed by atoms with Gasteiger partial charge in [-0.15, -0.1) is 0 Å². The largest absolute Gasteiger partial charge is 0.335 e. The smallest absolute Gasteiger partial charge is 0.105 e. The van der Waals surface area contributed by atoms with Crippen LogP contribution < -0.4 is 0 Å². The predicted octanol–water partition coefficient (Wildman–Crippen LogP) is 2.52. The number of hydrogen-bond donors (Lipinski definition) is 0. The fourth-order valence-electron chi connectivity index (χ4n) is 1.39. The zero-order chi connectivity index (χ0) is 10.6. The fraction of sp³-hybridized carbons (Fsp3) is 0.636. The molecule has 1 aromatic heterocycles. The highest BCUT2D eigenvalue weighted by Gasteiger charge is 2.15. The van der Waals surface area contributed by atoms with E-state index in [1.165, 1.54) is 0 Å². The van der Waals surface area contributed by atoms with Crippen LogP contribution in [-0.4, -0.2) is 9.55 Å². The first-order valence-corrected chi connectivity index (χ1v) is 4.94. The molecule has 0 aliphatic heterocycles. The molecular weight excluding hydrogens is 174 g/mol. The van der Waals surface area contributed by atoms with Gasteiger partial charge < -0.3 is 4.57 Å². The molecule has 76 valence electrons. The number of aromatic nitrogens is 2. The summed E-state index contributed by atoms with van der Waals surface area (Å²) in [6, 6.07) is 2.31. The normalized spacial score (nSPS) is 11.3. The minimum absolute atomic E-state index is 0.200. The summed E-state index contributed by atoms with van der Waals surface area (Å²) in [5, 5.41) is 8.84. The topological polar surface area (TPSA) is 41.6 Å². The van der Waals surface area contributed by atoms with Crippen molar-refractivity contribution in [2.75, 3.05) is 0 Å². The lowest BCUT2D eigenvalue weighted by Crippen LogP contribution is -2.09. The van der Waals surface area contributed by atoms with Crippen molar-refractivity contribution in [1.29, 1.82) is 5.26 Å². The molecule has 0 aromatic carbocycles. The van der Waals surface area contributed by atoms with Crippen LogP contribution in [0.3, 0.4) is 0 Å². The highest BCUT2D eigenvalue weighted by molar-refractivity contribution is 4.92. The van der Waals surface area contributed by atoms with Crippen LogP contribution in [0.1, 0.15) is 32.5 Å². The summed E-state index contributed by atoms with van der Waals surface area (Å²) in [4.78, 5) is 4.15. The summed E-state index contributed by atoms with van der Waals surface area (Å²) in [5.74, 6) is 1.04. The molecule has 0 unspecified atom stereocenters. The zero-order valence-electron chi connectivity index (χ0n) is 9.12. The molecule has 0 amide bonds.